The number of hydrogen-bond donors (Lipinski definition) is 1. The van der Waals surface area contributed by atoms with Crippen molar-refractivity contribution < 1.29 is 13.9 Å². The predicted molar refractivity (Wildman–Crippen MR) is 71.4 cm³/mol. The Morgan fingerprint density at radius 1 is 1.37 bits per heavy atom. The molecule has 1 heterocycles. The maximum absolute atomic E-state index is 12.9. The molecule has 5 heteroatoms. The summed E-state index contributed by atoms with van der Waals surface area (Å²) in [7, 11) is 1.70. The molecule has 1 aliphatic rings. The first kappa shape index (κ1) is 14.0. The van der Waals surface area contributed by atoms with Crippen molar-refractivity contribution in [3.63, 3.8) is 0 Å². The van der Waals surface area contributed by atoms with Gasteiger partial charge in [-0.25, -0.2) is 4.39 Å². The fourth-order valence-electron chi connectivity index (χ4n) is 2.41. The molecule has 0 unspecified atom stereocenters. The van der Waals surface area contributed by atoms with Crippen LogP contribution in [0.3, 0.4) is 0 Å². The second kappa shape index (κ2) is 5.67. The number of halogens is 1. The summed E-state index contributed by atoms with van der Waals surface area (Å²) in [5.41, 5.74) is 5.93. The van der Waals surface area contributed by atoms with E-state index in [4.69, 9.17) is 10.5 Å². The van der Waals surface area contributed by atoms with Crippen LogP contribution in [-0.2, 0) is 9.53 Å². The molecule has 1 fully saturated rings. The van der Waals surface area contributed by atoms with Gasteiger partial charge in [-0.2, -0.15) is 0 Å². The fraction of sp³-hybridized carbons (Fsp3) is 0.500. The van der Waals surface area contributed by atoms with Gasteiger partial charge >= 0.3 is 0 Å². The summed E-state index contributed by atoms with van der Waals surface area (Å²) in [6.45, 7) is 1.42. The quantitative estimate of drug-likeness (QED) is 0.903. The number of ether oxygens (including phenoxy) is 1. The molecule has 0 spiro atoms. The highest BCUT2D eigenvalue weighted by molar-refractivity contribution is 5.97. The van der Waals surface area contributed by atoms with E-state index >= 15 is 0 Å². The highest BCUT2D eigenvalue weighted by Crippen LogP contribution is 2.32. The number of hydrogen-bond acceptors (Lipinski definition) is 3. The molecule has 1 aliphatic heterocycles. The lowest BCUT2D eigenvalue weighted by Crippen LogP contribution is -2.49. The van der Waals surface area contributed by atoms with Gasteiger partial charge in [0.2, 0.25) is 5.91 Å². The Kier molecular flexibility index (Phi) is 4.17. The zero-order chi connectivity index (χ0) is 13.9. The van der Waals surface area contributed by atoms with E-state index < -0.39 is 5.41 Å². The van der Waals surface area contributed by atoms with Gasteiger partial charge in [-0.15, -0.1) is 0 Å². The van der Waals surface area contributed by atoms with Crippen LogP contribution in [0.4, 0.5) is 10.1 Å². The van der Waals surface area contributed by atoms with Crippen LogP contribution in [0, 0.1) is 11.2 Å². The molecule has 0 aromatic heterocycles. The van der Waals surface area contributed by atoms with Crippen molar-refractivity contribution in [3.8, 4) is 0 Å². The van der Waals surface area contributed by atoms with Crippen LogP contribution in [0.5, 0.6) is 0 Å². The van der Waals surface area contributed by atoms with Crippen LogP contribution in [0.15, 0.2) is 24.3 Å². The Morgan fingerprint density at radius 3 is 2.47 bits per heavy atom. The van der Waals surface area contributed by atoms with Crippen LogP contribution < -0.4 is 10.6 Å². The second-order valence-electron chi connectivity index (χ2n) is 4.94. The number of anilines is 1. The summed E-state index contributed by atoms with van der Waals surface area (Å²) < 4.78 is 18.2. The van der Waals surface area contributed by atoms with Crippen molar-refractivity contribution >= 4 is 11.6 Å². The molecule has 1 saturated heterocycles. The molecule has 0 radical (unpaired) electrons. The van der Waals surface area contributed by atoms with Crippen molar-refractivity contribution in [3.05, 3.63) is 30.1 Å². The van der Waals surface area contributed by atoms with Crippen LogP contribution in [0.1, 0.15) is 12.8 Å². The zero-order valence-corrected chi connectivity index (χ0v) is 11.1. The van der Waals surface area contributed by atoms with Crippen molar-refractivity contribution in [2.45, 2.75) is 12.8 Å². The van der Waals surface area contributed by atoms with E-state index in [-0.39, 0.29) is 11.7 Å². The Labute approximate surface area is 112 Å². The van der Waals surface area contributed by atoms with E-state index in [9.17, 15) is 9.18 Å². The molecular formula is C14H19FN2O2. The Hall–Kier alpha value is -1.46. The molecule has 1 aromatic rings. The molecule has 0 saturated carbocycles. The molecule has 0 atom stereocenters. The molecule has 0 aliphatic carbocycles. The molecule has 2 rings (SSSR count). The lowest BCUT2D eigenvalue weighted by Gasteiger charge is -2.37. The lowest BCUT2D eigenvalue weighted by atomic mass is 9.79. The summed E-state index contributed by atoms with van der Waals surface area (Å²) in [6.07, 6.45) is 1.27. The van der Waals surface area contributed by atoms with Crippen molar-refractivity contribution in [1.29, 1.82) is 0 Å². The van der Waals surface area contributed by atoms with E-state index in [0.717, 1.165) is 0 Å². The van der Waals surface area contributed by atoms with Gasteiger partial charge in [-0.05, 0) is 37.1 Å². The minimum absolute atomic E-state index is 0.0232. The van der Waals surface area contributed by atoms with E-state index in [1.54, 1.807) is 24.1 Å². The smallest absolute Gasteiger partial charge is 0.234 e. The first-order valence-electron chi connectivity index (χ1n) is 6.41. The van der Waals surface area contributed by atoms with Crippen LogP contribution in [-0.4, -0.2) is 32.7 Å². The minimum atomic E-state index is -0.554. The second-order valence-corrected chi connectivity index (χ2v) is 4.94. The average molecular weight is 266 g/mol. The number of nitrogens with two attached hydrogens (primary N) is 1. The number of carbonyl (C=O) groups excluding carboxylic acids is 1. The normalized spacial score (nSPS) is 18.1. The molecule has 0 bridgehead atoms. The Morgan fingerprint density at radius 2 is 1.95 bits per heavy atom. The summed E-state index contributed by atoms with van der Waals surface area (Å²) >= 11 is 0. The SMILES string of the molecule is CN(C(=O)C1(CN)CCOCC1)c1ccc(F)cc1. The van der Waals surface area contributed by atoms with Gasteiger partial charge in [-0.3, -0.25) is 4.79 Å². The maximum atomic E-state index is 12.9. The molecule has 2 N–H and O–H groups in total. The first-order valence-corrected chi connectivity index (χ1v) is 6.41. The highest BCUT2D eigenvalue weighted by Gasteiger charge is 2.40. The predicted octanol–water partition coefficient (Wildman–Crippen LogP) is 1.54. The summed E-state index contributed by atoms with van der Waals surface area (Å²) in [6, 6.07) is 5.88. The number of carbonyl (C=O) groups is 1. The van der Waals surface area contributed by atoms with E-state index in [1.807, 2.05) is 0 Å². The van der Waals surface area contributed by atoms with Crippen LogP contribution >= 0.6 is 0 Å². The average Bonchev–Trinajstić information content (AvgIpc) is 2.47. The Balaban J connectivity index is 2.19. The molecule has 104 valence electrons. The van der Waals surface area contributed by atoms with E-state index in [1.165, 1.54) is 12.1 Å². The van der Waals surface area contributed by atoms with E-state index in [0.29, 0.717) is 38.3 Å². The fourth-order valence-corrected chi connectivity index (χ4v) is 2.41. The van der Waals surface area contributed by atoms with E-state index in [2.05, 4.69) is 0 Å². The monoisotopic (exact) mass is 266 g/mol. The standard InChI is InChI=1S/C14H19FN2O2/c1-17(12-4-2-11(15)3-5-12)13(18)14(10-16)6-8-19-9-7-14/h2-5H,6-10,16H2,1H3. The van der Waals surface area contributed by atoms with Gasteiger partial charge in [0.1, 0.15) is 5.82 Å². The number of benzene rings is 1. The zero-order valence-electron chi connectivity index (χ0n) is 11.1. The van der Waals surface area contributed by atoms with Gasteiger partial charge in [0.05, 0.1) is 5.41 Å². The molecule has 1 amide bonds. The number of amides is 1. The summed E-state index contributed by atoms with van der Waals surface area (Å²) in [5, 5.41) is 0. The first-order chi connectivity index (χ1) is 9.09. The van der Waals surface area contributed by atoms with Crippen LogP contribution in [0.25, 0.3) is 0 Å². The third-order valence-corrected chi connectivity index (χ3v) is 3.81. The van der Waals surface area contributed by atoms with Gasteiger partial charge < -0.3 is 15.4 Å². The van der Waals surface area contributed by atoms with Gasteiger partial charge in [-0.1, -0.05) is 0 Å². The maximum Gasteiger partial charge on any atom is 0.234 e. The number of nitrogens with zero attached hydrogens (tertiary/aromatic N) is 1. The Bertz CT molecular complexity index is 441. The van der Waals surface area contributed by atoms with Gasteiger partial charge in [0, 0.05) is 32.5 Å². The van der Waals surface area contributed by atoms with Crippen LogP contribution in [0.2, 0.25) is 0 Å². The van der Waals surface area contributed by atoms with Gasteiger partial charge in [0.25, 0.3) is 0 Å². The number of rotatable bonds is 3. The largest absolute Gasteiger partial charge is 0.381 e. The third kappa shape index (κ3) is 2.77. The summed E-state index contributed by atoms with van der Waals surface area (Å²) in [5.74, 6) is -0.339. The third-order valence-electron chi connectivity index (χ3n) is 3.81. The molecular weight excluding hydrogens is 247 g/mol. The topological polar surface area (TPSA) is 55.6 Å². The van der Waals surface area contributed by atoms with Crippen molar-refractivity contribution in [2.75, 3.05) is 31.7 Å². The minimum Gasteiger partial charge on any atom is -0.381 e. The summed E-state index contributed by atoms with van der Waals surface area (Å²) in [4.78, 5) is 14.2. The van der Waals surface area contributed by atoms with Crippen molar-refractivity contribution in [1.82, 2.24) is 0 Å². The molecule has 1 aromatic carbocycles. The highest BCUT2D eigenvalue weighted by atomic mass is 19.1. The lowest BCUT2D eigenvalue weighted by molar-refractivity contribution is -0.132. The van der Waals surface area contributed by atoms with Crippen molar-refractivity contribution in [2.24, 2.45) is 11.1 Å². The van der Waals surface area contributed by atoms with Gasteiger partial charge in [0.15, 0.2) is 0 Å². The molecule has 4 nitrogen and oxygen atoms in total. The molecule has 19 heavy (non-hydrogen) atoms.